The number of ether oxygens (including phenoxy) is 1. The Balaban J connectivity index is 1.14. The second-order valence-electron chi connectivity index (χ2n) is 9.46. The van der Waals surface area contributed by atoms with Crippen molar-refractivity contribution in [3.63, 3.8) is 0 Å². The van der Waals surface area contributed by atoms with E-state index in [1.165, 1.54) is 21.6 Å². The number of nitrogens with zero attached hydrogens (tertiary/aromatic N) is 3. The van der Waals surface area contributed by atoms with E-state index >= 15 is 0 Å². The summed E-state index contributed by atoms with van der Waals surface area (Å²) in [5.41, 5.74) is 4.00. The molecule has 2 aliphatic heterocycles. The summed E-state index contributed by atoms with van der Waals surface area (Å²) in [7, 11) is 0. The van der Waals surface area contributed by atoms with E-state index in [4.69, 9.17) is 4.74 Å². The van der Waals surface area contributed by atoms with Gasteiger partial charge in [-0.3, -0.25) is 14.5 Å². The maximum absolute atomic E-state index is 13.1. The van der Waals surface area contributed by atoms with Crippen molar-refractivity contribution in [2.75, 3.05) is 45.9 Å². The number of carbonyl (C=O) groups is 2. The first-order chi connectivity index (χ1) is 17.6. The first kappa shape index (κ1) is 24.5. The molecule has 1 aromatic heterocycles. The third-order valence-electron chi connectivity index (χ3n) is 7.25. The number of amides is 2. The molecule has 0 aliphatic carbocycles. The number of rotatable bonds is 7. The molecule has 3 heterocycles. The molecule has 0 saturated carbocycles. The highest BCUT2D eigenvalue weighted by Crippen LogP contribution is 2.38. The van der Waals surface area contributed by atoms with E-state index in [0.29, 0.717) is 38.3 Å². The van der Waals surface area contributed by atoms with Gasteiger partial charge in [0.2, 0.25) is 5.91 Å². The number of carbonyl (C=O) groups excluding carboxylic acids is 2. The molecule has 36 heavy (non-hydrogen) atoms. The molecule has 3 aromatic rings. The van der Waals surface area contributed by atoms with Crippen molar-refractivity contribution < 1.29 is 14.3 Å². The number of fused-ring (bicyclic) bond motifs is 1. The third-order valence-corrected chi connectivity index (χ3v) is 8.25. The van der Waals surface area contributed by atoms with Gasteiger partial charge in [-0.2, -0.15) is 0 Å². The Morgan fingerprint density at radius 3 is 2.31 bits per heavy atom. The summed E-state index contributed by atoms with van der Waals surface area (Å²) < 4.78 is 5.60. The fraction of sp³-hybridized carbons (Fsp3) is 0.379. The Labute approximate surface area is 217 Å². The first-order valence-electron chi connectivity index (χ1n) is 12.7. The van der Waals surface area contributed by atoms with Crippen molar-refractivity contribution in [2.45, 2.75) is 25.8 Å². The zero-order chi connectivity index (χ0) is 24.9. The van der Waals surface area contributed by atoms with Crippen LogP contribution < -0.4 is 4.74 Å². The van der Waals surface area contributed by atoms with Crippen molar-refractivity contribution in [1.82, 2.24) is 14.7 Å². The molecule has 0 spiro atoms. The molecular formula is C29H33N3O3S. The van der Waals surface area contributed by atoms with Crippen LogP contribution in [-0.4, -0.2) is 72.4 Å². The topological polar surface area (TPSA) is 53.1 Å². The lowest BCUT2D eigenvalue weighted by Crippen LogP contribution is -2.52. The molecule has 2 amide bonds. The second kappa shape index (κ2) is 11.3. The van der Waals surface area contributed by atoms with Crippen LogP contribution in [0.2, 0.25) is 0 Å². The van der Waals surface area contributed by atoms with Gasteiger partial charge in [0.15, 0.2) is 6.61 Å². The molecular weight excluding hydrogens is 470 g/mol. The van der Waals surface area contributed by atoms with Crippen molar-refractivity contribution in [3.05, 3.63) is 87.6 Å². The molecule has 0 N–H and O–H groups in total. The molecule has 1 atom stereocenters. The van der Waals surface area contributed by atoms with Crippen LogP contribution in [0.5, 0.6) is 5.75 Å². The van der Waals surface area contributed by atoms with Crippen LogP contribution in [0.15, 0.2) is 66.0 Å². The number of para-hydroxylation sites is 1. The summed E-state index contributed by atoms with van der Waals surface area (Å²) in [5.74, 6) is 0.824. The van der Waals surface area contributed by atoms with Crippen LogP contribution in [-0.2, 0) is 16.0 Å². The molecule has 188 valence electrons. The molecule has 1 fully saturated rings. The Bertz CT molecular complexity index is 1190. The van der Waals surface area contributed by atoms with E-state index in [9.17, 15) is 9.59 Å². The van der Waals surface area contributed by atoms with E-state index in [1.54, 1.807) is 4.90 Å². The minimum absolute atomic E-state index is 0.0256. The van der Waals surface area contributed by atoms with Gasteiger partial charge in [-0.05, 0) is 53.6 Å². The first-order valence-corrected chi connectivity index (χ1v) is 13.6. The van der Waals surface area contributed by atoms with Crippen molar-refractivity contribution in [2.24, 2.45) is 0 Å². The summed E-state index contributed by atoms with van der Waals surface area (Å²) >= 11 is 1.84. The van der Waals surface area contributed by atoms with Crippen LogP contribution in [0.25, 0.3) is 0 Å². The van der Waals surface area contributed by atoms with Gasteiger partial charge in [-0.1, -0.05) is 42.5 Å². The Hall–Kier alpha value is -3.16. The molecule has 1 saturated heterocycles. The summed E-state index contributed by atoms with van der Waals surface area (Å²) in [6.45, 7) is 6.15. The normalized spacial score (nSPS) is 18.1. The monoisotopic (exact) mass is 503 g/mol. The van der Waals surface area contributed by atoms with E-state index in [2.05, 4.69) is 47.5 Å². The number of hydrogen-bond donors (Lipinski definition) is 0. The van der Waals surface area contributed by atoms with Gasteiger partial charge in [0.05, 0.1) is 6.04 Å². The summed E-state index contributed by atoms with van der Waals surface area (Å²) in [4.78, 5) is 33.3. The Kier molecular flexibility index (Phi) is 7.68. The number of piperazine rings is 1. The maximum Gasteiger partial charge on any atom is 0.260 e. The highest BCUT2D eigenvalue weighted by atomic mass is 32.1. The van der Waals surface area contributed by atoms with Crippen LogP contribution in [0.4, 0.5) is 0 Å². The predicted octanol–water partition coefficient (Wildman–Crippen LogP) is 4.14. The molecule has 1 unspecified atom stereocenters. The highest BCUT2D eigenvalue weighted by molar-refractivity contribution is 7.10. The van der Waals surface area contributed by atoms with Gasteiger partial charge in [-0.15, -0.1) is 11.3 Å². The zero-order valence-corrected chi connectivity index (χ0v) is 21.6. The van der Waals surface area contributed by atoms with Crippen molar-refractivity contribution in [3.8, 4) is 5.75 Å². The average Bonchev–Trinajstić information content (AvgIpc) is 3.40. The van der Waals surface area contributed by atoms with Crippen LogP contribution in [0.1, 0.15) is 34.0 Å². The molecule has 6 nitrogen and oxygen atoms in total. The quantitative estimate of drug-likeness (QED) is 0.486. The van der Waals surface area contributed by atoms with Gasteiger partial charge in [0.1, 0.15) is 5.75 Å². The lowest BCUT2D eigenvalue weighted by atomic mass is 9.90. The van der Waals surface area contributed by atoms with Gasteiger partial charge in [0.25, 0.3) is 5.91 Å². The minimum Gasteiger partial charge on any atom is -0.484 e. The van der Waals surface area contributed by atoms with Crippen molar-refractivity contribution >= 4 is 23.2 Å². The average molecular weight is 504 g/mol. The summed E-state index contributed by atoms with van der Waals surface area (Å²) in [6.07, 6.45) is 1.53. The van der Waals surface area contributed by atoms with E-state index < -0.39 is 0 Å². The fourth-order valence-corrected chi connectivity index (χ4v) is 6.13. The number of hydrogen-bond acceptors (Lipinski definition) is 5. The number of thiophene rings is 1. The molecule has 2 aromatic carbocycles. The summed E-state index contributed by atoms with van der Waals surface area (Å²) in [5, 5.41) is 2.19. The highest BCUT2D eigenvalue weighted by Gasteiger charge is 2.31. The van der Waals surface area contributed by atoms with Crippen LogP contribution >= 0.6 is 11.3 Å². The Morgan fingerprint density at radius 1 is 0.861 bits per heavy atom. The SMILES string of the molecule is Cc1ccccc1C1c2ccsc2CCN1CCC(=O)N1CCN(C(=O)COc2ccccc2)CC1. The fourth-order valence-electron chi connectivity index (χ4n) is 5.22. The molecule has 0 bridgehead atoms. The number of aryl methyl sites for hydroxylation is 1. The number of benzene rings is 2. The summed E-state index contributed by atoms with van der Waals surface area (Å²) in [6, 6.07) is 20.4. The lowest BCUT2D eigenvalue weighted by molar-refractivity contribution is -0.140. The molecule has 0 radical (unpaired) electrons. The minimum atomic E-state index is -0.0353. The van der Waals surface area contributed by atoms with E-state index in [0.717, 1.165) is 19.5 Å². The molecule has 7 heteroatoms. The maximum atomic E-state index is 13.1. The Morgan fingerprint density at radius 2 is 1.56 bits per heavy atom. The van der Waals surface area contributed by atoms with E-state index in [-0.39, 0.29) is 24.5 Å². The van der Waals surface area contributed by atoms with Gasteiger partial charge < -0.3 is 14.5 Å². The van der Waals surface area contributed by atoms with Crippen molar-refractivity contribution in [1.29, 1.82) is 0 Å². The van der Waals surface area contributed by atoms with Gasteiger partial charge >= 0.3 is 0 Å². The third kappa shape index (κ3) is 5.47. The molecule has 5 rings (SSSR count). The van der Waals surface area contributed by atoms with Crippen LogP contribution in [0.3, 0.4) is 0 Å². The standard InChI is InChI=1S/C29H33N3O3S/c1-22-7-5-6-10-24(22)29-25-13-20-36-26(25)11-14-32(29)15-12-27(33)30-16-18-31(19-17-30)28(34)21-35-23-8-3-2-4-9-23/h2-10,13,20,29H,11-12,14-19,21H2,1H3. The van der Waals surface area contributed by atoms with E-state index in [1.807, 2.05) is 46.6 Å². The smallest absolute Gasteiger partial charge is 0.260 e. The molecule has 2 aliphatic rings. The van der Waals surface area contributed by atoms with Gasteiger partial charge in [0, 0.05) is 50.6 Å². The second-order valence-corrected chi connectivity index (χ2v) is 10.5. The van der Waals surface area contributed by atoms with Gasteiger partial charge in [-0.25, -0.2) is 0 Å². The van der Waals surface area contributed by atoms with Crippen LogP contribution in [0, 0.1) is 6.92 Å². The largest absolute Gasteiger partial charge is 0.484 e. The lowest BCUT2D eigenvalue weighted by Gasteiger charge is -2.38. The zero-order valence-electron chi connectivity index (χ0n) is 20.8. The predicted molar refractivity (Wildman–Crippen MR) is 142 cm³/mol.